The predicted octanol–water partition coefficient (Wildman–Crippen LogP) is 1.48. The maximum atomic E-state index is 12.3. The average molecular weight is 274 g/mol. The summed E-state index contributed by atoms with van der Waals surface area (Å²) in [4.78, 5) is 0. The molecule has 0 aromatic rings. The Morgan fingerprint density at radius 3 is 2.33 bits per heavy atom. The summed E-state index contributed by atoms with van der Waals surface area (Å²) in [5, 5.41) is 3.02. The number of rotatable bonds is 3. The Balaban J connectivity index is 1.94. The Labute approximate surface area is 111 Å². The van der Waals surface area contributed by atoms with Gasteiger partial charge in [-0.25, -0.2) is 13.1 Å². The molecule has 2 rings (SSSR count). The van der Waals surface area contributed by atoms with Gasteiger partial charge in [0, 0.05) is 6.04 Å². The van der Waals surface area contributed by atoms with E-state index in [9.17, 15) is 8.42 Å². The topological polar surface area (TPSA) is 58.2 Å². The van der Waals surface area contributed by atoms with Gasteiger partial charge < -0.3 is 5.32 Å². The van der Waals surface area contributed by atoms with Crippen LogP contribution in [0, 0.1) is 11.8 Å². The minimum absolute atomic E-state index is 0.154. The maximum Gasteiger partial charge on any atom is 0.214 e. The second-order valence-corrected chi connectivity index (χ2v) is 8.11. The molecule has 0 spiro atoms. The molecular formula is C13H26N2O2S. The summed E-state index contributed by atoms with van der Waals surface area (Å²) >= 11 is 0. The van der Waals surface area contributed by atoms with Crippen LogP contribution in [0.2, 0.25) is 0 Å². The van der Waals surface area contributed by atoms with Gasteiger partial charge in [0.15, 0.2) is 0 Å². The van der Waals surface area contributed by atoms with Gasteiger partial charge in [0.25, 0.3) is 0 Å². The average Bonchev–Trinajstić information content (AvgIpc) is 2.34. The van der Waals surface area contributed by atoms with Crippen LogP contribution in [0.15, 0.2) is 0 Å². The third-order valence-corrected chi connectivity index (χ3v) is 6.45. The third-order valence-electron chi connectivity index (χ3n) is 4.47. The van der Waals surface area contributed by atoms with Crippen molar-refractivity contribution in [1.82, 2.24) is 10.0 Å². The molecule has 1 saturated heterocycles. The molecule has 0 aromatic carbocycles. The largest absolute Gasteiger partial charge is 0.317 e. The molecule has 0 aromatic heterocycles. The number of hydrogen-bond acceptors (Lipinski definition) is 3. The zero-order valence-electron chi connectivity index (χ0n) is 11.5. The molecule has 0 bridgehead atoms. The number of hydrogen-bond donors (Lipinski definition) is 2. The highest BCUT2D eigenvalue weighted by Crippen LogP contribution is 2.29. The predicted molar refractivity (Wildman–Crippen MR) is 73.9 cm³/mol. The van der Waals surface area contributed by atoms with Crippen LogP contribution in [0.4, 0.5) is 0 Å². The fourth-order valence-corrected chi connectivity index (χ4v) is 5.07. The molecule has 2 aliphatic rings. The summed E-state index contributed by atoms with van der Waals surface area (Å²) in [7, 11) is -3.12. The zero-order valence-corrected chi connectivity index (χ0v) is 12.3. The summed E-state index contributed by atoms with van der Waals surface area (Å²) < 4.78 is 27.7. The van der Waals surface area contributed by atoms with Crippen LogP contribution < -0.4 is 10.0 Å². The van der Waals surface area contributed by atoms with Gasteiger partial charge in [0.2, 0.25) is 10.0 Å². The van der Waals surface area contributed by atoms with E-state index in [1.165, 1.54) is 0 Å². The van der Waals surface area contributed by atoms with E-state index >= 15 is 0 Å². The standard InChI is InChI=1S/C13H26N2O2S/c1-10-3-4-13(11(2)9-10)15-18(16,17)12-5-7-14-8-6-12/h10-15H,3-9H2,1-2H3. The van der Waals surface area contributed by atoms with E-state index in [2.05, 4.69) is 23.9 Å². The van der Waals surface area contributed by atoms with Crippen LogP contribution in [-0.4, -0.2) is 32.8 Å². The highest BCUT2D eigenvalue weighted by atomic mass is 32.2. The smallest absolute Gasteiger partial charge is 0.214 e. The molecule has 2 fully saturated rings. The Morgan fingerprint density at radius 2 is 1.72 bits per heavy atom. The SMILES string of the molecule is CC1CCC(NS(=O)(=O)C2CCNCC2)C(C)C1. The Morgan fingerprint density at radius 1 is 1.06 bits per heavy atom. The first-order valence-electron chi connectivity index (χ1n) is 7.21. The summed E-state index contributed by atoms with van der Waals surface area (Å²) in [6, 6.07) is 0.154. The van der Waals surface area contributed by atoms with Crippen molar-refractivity contribution in [2.45, 2.75) is 57.2 Å². The van der Waals surface area contributed by atoms with Gasteiger partial charge in [-0.1, -0.05) is 13.8 Å². The van der Waals surface area contributed by atoms with Crippen molar-refractivity contribution in [3.8, 4) is 0 Å². The van der Waals surface area contributed by atoms with Crippen LogP contribution in [0.1, 0.15) is 46.0 Å². The third kappa shape index (κ3) is 3.45. The van der Waals surface area contributed by atoms with E-state index in [1.54, 1.807) is 0 Å². The Bertz CT molecular complexity index is 363. The molecule has 0 amide bonds. The highest BCUT2D eigenvalue weighted by Gasteiger charge is 2.33. The lowest BCUT2D eigenvalue weighted by atomic mass is 9.80. The van der Waals surface area contributed by atoms with Gasteiger partial charge in [-0.05, 0) is 57.0 Å². The van der Waals surface area contributed by atoms with Crippen molar-refractivity contribution in [2.75, 3.05) is 13.1 Å². The molecule has 3 unspecified atom stereocenters. The van der Waals surface area contributed by atoms with Gasteiger partial charge in [-0.15, -0.1) is 0 Å². The van der Waals surface area contributed by atoms with Crippen LogP contribution in [0.25, 0.3) is 0 Å². The fraction of sp³-hybridized carbons (Fsp3) is 1.00. The molecule has 18 heavy (non-hydrogen) atoms. The van der Waals surface area contributed by atoms with Crippen LogP contribution in [0.3, 0.4) is 0 Å². The zero-order chi connectivity index (χ0) is 13.2. The van der Waals surface area contributed by atoms with E-state index in [0.717, 1.165) is 51.1 Å². The van der Waals surface area contributed by atoms with E-state index < -0.39 is 10.0 Å². The summed E-state index contributed by atoms with van der Waals surface area (Å²) in [5.74, 6) is 1.20. The molecule has 1 saturated carbocycles. The van der Waals surface area contributed by atoms with Crippen molar-refractivity contribution in [1.29, 1.82) is 0 Å². The van der Waals surface area contributed by atoms with Gasteiger partial charge in [-0.2, -0.15) is 0 Å². The van der Waals surface area contributed by atoms with E-state index in [4.69, 9.17) is 0 Å². The first kappa shape index (κ1) is 14.3. The number of nitrogens with one attached hydrogen (secondary N) is 2. The van der Waals surface area contributed by atoms with Gasteiger partial charge in [0.05, 0.1) is 5.25 Å². The molecule has 0 radical (unpaired) electrons. The lowest BCUT2D eigenvalue weighted by molar-refractivity contribution is 0.248. The van der Waals surface area contributed by atoms with Gasteiger partial charge in [0.1, 0.15) is 0 Å². The molecule has 1 heterocycles. The molecule has 2 N–H and O–H groups in total. The van der Waals surface area contributed by atoms with Crippen molar-refractivity contribution >= 4 is 10.0 Å². The quantitative estimate of drug-likeness (QED) is 0.819. The first-order valence-corrected chi connectivity index (χ1v) is 8.75. The number of piperidine rings is 1. The van der Waals surface area contributed by atoms with Gasteiger partial charge in [-0.3, -0.25) is 0 Å². The molecule has 106 valence electrons. The maximum absolute atomic E-state index is 12.3. The van der Waals surface area contributed by atoms with E-state index in [1.807, 2.05) is 0 Å². The lowest BCUT2D eigenvalue weighted by Gasteiger charge is -2.34. The highest BCUT2D eigenvalue weighted by molar-refractivity contribution is 7.90. The van der Waals surface area contributed by atoms with Gasteiger partial charge >= 0.3 is 0 Å². The molecule has 5 heteroatoms. The van der Waals surface area contributed by atoms with Crippen molar-refractivity contribution in [3.05, 3.63) is 0 Å². The second-order valence-electron chi connectivity index (χ2n) is 6.11. The monoisotopic (exact) mass is 274 g/mol. The Kier molecular flexibility index (Phi) is 4.67. The van der Waals surface area contributed by atoms with Crippen LogP contribution in [0.5, 0.6) is 0 Å². The molecule has 4 nitrogen and oxygen atoms in total. The summed E-state index contributed by atoms with van der Waals surface area (Å²) in [6.07, 6.45) is 4.76. The normalized spacial score (nSPS) is 35.6. The van der Waals surface area contributed by atoms with Crippen LogP contribution >= 0.6 is 0 Å². The Hall–Kier alpha value is -0.130. The fourth-order valence-electron chi connectivity index (χ4n) is 3.25. The molecular weight excluding hydrogens is 248 g/mol. The first-order chi connectivity index (χ1) is 8.49. The minimum atomic E-state index is -3.12. The summed E-state index contributed by atoms with van der Waals surface area (Å²) in [5.41, 5.74) is 0. The lowest BCUT2D eigenvalue weighted by Crippen LogP contribution is -2.48. The van der Waals surface area contributed by atoms with E-state index in [0.29, 0.717) is 5.92 Å². The van der Waals surface area contributed by atoms with Crippen molar-refractivity contribution in [2.24, 2.45) is 11.8 Å². The molecule has 1 aliphatic heterocycles. The van der Waals surface area contributed by atoms with Crippen molar-refractivity contribution < 1.29 is 8.42 Å². The van der Waals surface area contributed by atoms with E-state index in [-0.39, 0.29) is 11.3 Å². The second kappa shape index (κ2) is 5.88. The molecule has 1 aliphatic carbocycles. The van der Waals surface area contributed by atoms with Crippen LogP contribution in [-0.2, 0) is 10.0 Å². The summed E-state index contributed by atoms with van der Waals surface area (Å²) in [6.45, 7) is 6.07. The van der Waals surface area contributed by atoms with Crippen molar-refractivity contribution in [3.63, 3.8) is 0 Å². The number of sulfonamides is 1. The molecule has 3 atom stereocenters. The minimum Gasteiger partial charge on any atom is -0.317 e.